The third-order valence-electron chi connectivity index (χ3n) is 5.07. The van der Waals surface area contributed by atoms with E-state index in [1.165, 1.54) is 24.8 Å². The number of aryl methyl sites for hydroxylation is 1. The lowest BCUT2D eigenvalue weighted by Gasteiger charge is -2.35. The van der Waals surface area contributed by atoms with Crippen molar-refractivity contribution in [1.29, 1.82) is 0 Å². The first-order valence-electron chi connectivity index (χ1n) is 9.40. The summed E-state index contributed by atoms with van der Waals surface area (Å²) in [5, 5.41) is 3.14. The molecule has 1 saturated heterocycles. The Labute approximate surface area is 168 Å². The van der Waals surface area contributed by atoms with Crippen LogP contribution in [0.2, 0.25) is 0 Å². The normalized spacial score (nSPS) is 15.5. The largest absolute Gasteiger partial charge is 0.497 e. The van der Waals surface area contributed by atoms with Crippen LogP contribution in [0.3, 0.4) is 0 Å². The van der Waals surface area contributed by atoms with Gasteiger partial charge in [0, 0.05) is 12.1 Å². The standard InChI is InChI=1S/C22H28N2O2.ClH/c1-17-7-6-8-19(15-17)22(25)23-16-21(24-13-4-3-5-14-24)18-9-11-20(26-2)12-10-18;/h6-12,15,21H,3-5,13-14,16H2,1-2H3,(H,23,25);1H. The van der Waals surface area contributed by atoms with Gasteiger partial charge in [-0.2, -0.15) is 0 Å². The van der Waals surface area contributed by atoms with Gasteiger partial charge in [-0.3, -0.25) is 9.69 Å². The molecule has 1 fully saturated rings. The lowest BCUT2D eigenvalue weighted by Crippen LogP contribution is -2.40. The highest BCUT2D eigenvalue weighted by atomic mass is 35.5. The van der Waals surface area contributed by atoms with E-state index in [0.29, 0.717) is 6.54 Å². The molecule has 0 aliphatic carbocycles. The van der Waals surface area contributed by atoms with Gasteiger partial charge in [-0.25, -0.2) is 0 Å². The number of benzene rings is 2. The van der Waals surface area contributed by atoms with Crippen molar-refractivity contribution >= 4 is 18.3 Å². The topological polar surface area (TPSA) is 41.6 Å². The molecule has 0 aromatic heterocycles. The van der Waals surface area contributed by atoms with Gasteiger partial charge in [-0.1, -0.05) is 36.2 Å². The molecule has 146 valence electrons. The maximum absolute atomic E-state index is 12.6. The number of piperidine rings is 1. The van der Waals surface area contributed by atoms with Gasteiger partial charge in [0.2, 0.25) is 0 Å². The first-order valence-corrected chi connectivity index (χ1v) is 9.40. The van der Waals surface area contributed by atoms with Crippen molar-refractivity contribution in [2.75, 3.05) is 26.7 Å². The van der Waals surface area contributed by atoms with Crippen molar-refractivity contribution < 1.29 is 9.53 Å². The molecule has 2 aromatic carbocycles. The Morgan fingerprint density at radius 2 is 1.81 bits per heavy atom. The van der Waals surface area contributed by atoms with Crippen LogP contribution in [0.25, 0.3) is 0 Å². The summed E-state index contributed by atoms with van der Waals surface area (Å²) in [4.78, 5) is 15.1. The van der Waals surface area contributed by atoms with Gasteiger partial charge in [0.05, 0.1) is 13.2 Å². The maximum Gasteiger partial charge on any atom is 0.251 e. The molecule has 1 heterocycles. The molecule has 1 aliphatic rings. The van der Waals surface area contributed by atoms with E-state index < -0.39 is 0 Å². The number of amides is 1. The molecule has 1 atom stereocenters. The summed E-state index contributed by atoms with van der Waals surface area (Å²) in [5.74, 6) is 0.846. The lowest BCUT2D eigenvalue weighted by molar-refractivity contribution is 0.0924. The Morgan fingerprint density at radius 3 is 2.44 bits per heavy atom. The Bertz CT molecular complexity index is 727. The molecule has 1 N–H and O–H groups in total. The van der Waals surface area contributed by atoms with E-state index in [9.17, 15) is 4.79 Å². The minimum absolute atomic E-state index is 0. The smallest absolute Gasteiger partial charge is 0.251 e. The zero-order chi connectivity index (χ0) is 18.4. The van der Waals surface area contributed by atoms with Crippen LogP contribution in [0.15, 0.2) is 48.5 Å². The third kappa shape index (κ3) is 5.72. The minimum atomic E-state index is -0.00998. The number of rotatable bonds is 6. The van der Waals surface area contributed by atoms with E-state index in [2.05, 4.69) is 22.3 Å². The molecule has 0 radical (unpaired) electrons. The summed E-state index contributed by atoms with van der Waals surface area (Å²) in [7, 11) is 1.68. The number of hydrogen-bond acceptors (Lipinski definition) is 3. The average Bonchev–Trinajstić information content (AvgIpc) is 2.69. The van der Waals surface area contributed by atoms with Crippen LogP contribution >= 0.6 is 12.4 Å². The molecule has 0 spiro atoms. The Morgan fingerprint density at radius 1 is 1.11 bits per heavy atom. The van der Waals surface area contributed by atoms with Crippen molar-refractivity contribution in [2.24, 2.45) is 0 Å². The summed E-state index contributed by atoms with van der Waals surface area (Å²) in [6.45, 7) is 4.78. The van der Waals surface area contributed by atoms with Gasteiger partial charge in [-0.15, -0.1) is 12.4 Å². The van der Waals surface area contributed by atoms with Crippen molar-refractivity contribution in [3.8, 4) is 5.75 Å². The number of methoxy groups -OCH3 is 1. The molecule has 0 bridgehead atoms. The first-order chi connectivity index (χ1) is 12.7. The number of ether oxygens (including phenoxy) is 1. The van der Waals surface area contributed by atoms with Gasteiger partial charge in [-0.05, 0) is 62.7 Å². The van der Waals surface area contributed by atoms with E-state index in [1.54, 1.807) is 7.11 Å². The van der Waals surface area contributed by atoms with Crippen molar-refractivity contribution in [3.05, 3.63) is 65.2 Å². The summed E-state index contributed by atoms with van der Waals surface area (Å²) >= 11 is 0. The van der Waals surface area contributed by atoms with Crippen LogP contribution in [-0.2, 0) is 0 Å². The Kier molecular flexibility index (Phi) is 8.14. The molecule has 0 saturated carbocycles. The predicted molar refractivity (Wildman–Crippen MR) is 112 cm³/mol. The fourth-order valence-corrected chi connectivity index (χ4v) is 3.59. The fraction of sp³-hybridized carbons (Fsp3) is 0.409. The minimum Gasteiger partial charge on any atom is -0.497 e. The summed E-state index contributed by atoms with van der Waals surface area (Å²) in [5.41, 5.74) is 3.04. The number of carbonyl (C=O) groups is 1. The zero-order valence-corrected chi connectivity index (χ0v) is 16.9. The Balaban J connectivity index is 0.00000261. The molecule has 3 rings (SSSR count). The van der Waals surface area contributed by atoms with Crippen LogP contribution in [0.1, 0.15) is 46.8 Å². The van der Waals surface area contributed by atoms with Crippen LogP contribution in [0.4, 0.5) is 0 Å². The molecule has 27 heavy (non-hydrogen) atoms. The van der Waals surface area contributed by atoms with Crippen molar-refractivity contribution in [3.63, 3.8) is 0 Å². The summed E-state index contributed by atoms with van der Waals surface area (Å²) < 4.78 is 5.28. The number of nitrogens with one attached hydrogen (secondary N) is 1. The monoisotopic (exact) mass is 388 g/mol. The second kappa shape index (κ2) is 10.3. The van der Waals surface area contributed by atoms with E-state index in [0.717, 1.165) is 30.0 Å². The number of hydrogen-bond donors (Lipinski definition) is 1. The summed E-state index contributed by atoms with van der Waals surface area (Å²) in [6.07, 6.45) is 3.73. The van der Waals surface area contributed by atoms with E-state index in [4.69, 9.17) is 4.74 Å². The van der Waals surface area contributed by atoms with Crippen molar-refractivity contribution in [1.82, 2.24) is 10.2 Å². The predicted octanol–water partition coefficient (Wildman–Crippen LogP) is 4.38. The van der Waals surface area contributed by atoms with Crippen LogP contribution < -0.4 is 10.1 Å². The number of halogens is 1. The van der Waals surface area contributed by atoms with E-state index in [1.807, 2.05) is 43.3 Å². The Hall–Kier alpha value is -2.04. The zero-order valence-electron chi connectivity index (χ0n) is 16.1. The molecule has 2 aromatic rings. The van der Waals surface area contributed by atoms with Crippen LogP contribution in [-0.4, -0.2) is 37.6 Å². The number of carbonyl (C=O) groups excluding carboxylic acids is 1. The highest BCUT2D eigenvalue weighted by Crippen LogP contribution is 2.26. The summed E-state index contributed by atoms with van der Waals surface area (Å²) in [6, 6.07) is 16.1. The highest BCUT2D eigenvalue weighted by molar-refractivity contribution is 5.94. The number of likely N-dealkylation sites (tertiary alicyclic amines) is 1. The molecular weight excluding hydrogens is 360 g/mol. The fourth-order valence-electron chi connectivity index (χ4n) is 3.59. The maximum atomic E-state index is 12.6. The lowest BCUT2D eigenvalue weighted by atomic mass is 10.0. The molecule has 1 amide bonds. The molecule has 1 unspecified atom stereocenters. The average molecular weight is 389 g/mol. The van der Waals surface area contributed by atoms with Gasteiger partial charge in [0.25, 0.3) is 5.91 Å². The first kappa shape index (κ1) is 21.3. The second-order valence-electron chi connectivity index (χ2n) is 6.97. The number of nitrogens with zero attached hydrogens (tertiary/aromatic N) is 1. The van der Waals surface area contributed by atoms with Gasteiger partial charge in [0.15, 0.2) is 0 Å². The molecular formula is C22H29ClN2O2. The van der Waals surface area contributed by atoms with Gasteiger partial charge >= 0.3 is 0 Å². The molecule has 1 aliphatic heterocycles. The highest BCUT2D eigenvalue weighted by Gasteiger charge is 2.23. The SMILES string of the molecule is COc1ccc(C(CNC(=O)c2cccc(C)c2)N2CCCCC2)cc1.Cl. The van der Waals surface area contributed by atoms with Crippen LogP contribution in [0.5, 0.6) is 5.75 Å². The van der Waals surface area contributed by atoms with Crippen LogP contribution in [0, 0.1) is 6.92 Å². The quantitative estimate of drug-likeness (QED) is 0.798. The van der Waals surface area contributed by atoms with E-state index in [-0.39, 0.29) is 24.4 Å². The van der Waals surface area contributed by atoms with Gasteiger partial charge in [0.1, 0.15) is 5.75 Å². The molecule has 4 nitrogen and oxygen atoms in total. The third-order valence-corrected chi connectivity index (χ3v) is 5.07. The van der Waals surface area contributed by atoms with E-state index >= 15 is 0 Å². The second-order valence-corrected chi connectivity index (χ2v) is 6.97. The molecule has 5 heteroatoms. The van der Waals surface area contributed by atoms with Gasteiger partial charge < -0.3 is 10.1 Å². The van der Waals surface area contributed by atoms with Crippen molar-refractivity contribution in [2.45, 2.75) is 32.2 Å².